The number of pyridine rings is 1. The lowest BCUT2D eigenvalue weighted by Gasteiger charge is -2.08. The lowest BCUT2D eigenvalue weighted by molar-refractivity contribution is -0.137. The molecular formula is C17H11F3N4O2S2. The minimum atomic E-state index is -4.54. The molecule has 0 aliphatic heterocycles. The van der Waals surface area contributed by atoms with Crippen molar-refractivity contribution in [2.45, 2.75) is 10.5 Å². The summed E-state index contributed by atoms with van der Waals surface area (Å²) in [6, 6.07) is 7.28. The summed E-state index contributed by atoms with van der Waals surface area (Å²) in [6.45, 7) is 0. The molecular weight excluding hydrogens is 413 g/mol. The van der Waals surface area contributed by atoms with Crippen LogP contribution in [0.15, 0.2) is 53.1 Å². The third-order valence-electron chi connectivity index (χ3n) is 3.41. The van der Waals surface area contributed by atoms with E-state index in [-0.39, 0.29) is 22.2 Å². The molecule has 0 atom stereocenters. The highest BCUT2D eigenvalue weighted by atomic mass is 32.2. The largest absolute Gasteiger partial charge is 0.416 e. The molecule has 0 fully saturated rings. The zero-order valence-electron chi connectivity index (χ0n) is 13.9. The maximum Gasteiger partial charge on any atom is 0.416 e. The summed E-state index contributed by atoms with van der Waals surface area (Å²) >= 11 is 2.17. The van der Waals surface area contributed by atoms with E-state index in [9.17, 15) is 22.8 Å². The molecule has 0 saturated carbocycles. The second-order valence-electron chi connectivity index (χ2n) is 5.35. The molecule has 0 radical (unpaired) electrons. The van der Waals surface area contributed by atoms with E-state index in [1.807, 2.05) is 0 Å². The van der Waals surface area contributed by atoms with E-state index in [1.165, 1.54) is 18.5 Å². The van der Waals surface area contributed by atoms with Gasteiger partial charge in [0.25, 0.3) is 5.91 Å². The molecule has 3 rings (SSSR count). The van der Waals surface area contributed by atoms with Crippen LogP contribution in [0.5, 0.6) is 0 Å². The molecule has 3 aromatic rings. The molecule has 6 nitrogen and oxygen atoms in total. The Kier molecular flexibility index (Phi) is 6.05. The van der Waals surface area contributed by atoms with Gasteiger partial charge in [-0.15, -0.1) is 10.2 Å². The number of thioether (sulfide) groups is 1. The van der Waals surface area contributed by atoms with Crippen molar-refractivity contribution in [1.82, 2.24) is 15.2 Å². The Morgan fingerprint density at radius 3 is 2.54 bits per heavy atom. The average Bonchev–Trinajstić information content (AvgIpc) is 3.13. The molecule has 0 spiro atoms. The van der Waals surface area contributed by atoms with Crippen molar-refractivity contribution in [3.8, 4) is 0 Å². The van der Waals surface area contributed by atoms with Gasteiger partial charge in [-0.05, 0) is 30.3 Å². The van der Waals surface area contributed by atoms with Crippen molar-refractivity contribution in [2.75, 3.05) is 11.1 Å². The van der Waals surface area contributed by atoms with Crippen molar-refractivity contribution >= 4 is 39.9 Å². The SMILES string of the molecule is O=C(CSc1nnc(NC(=O)c2cccc(C(F)(F)F)c2)s1)c1ccncc1. The van der Waals surface area contributed by atoms with Gasteiger partial charge in [0.1, 0.15) is 0 Å². The standard InChI is InChI=1S/C17H11F3N4O2S2/c18-17(19,20)12-3-1-2-11(8-12)14(26)22-15-23-24-16(28-15)27-9-13(25)10-4-6-21-7-5-10/h1-8H,9H2,(H,22,23,26). The molecule has 2 heterocycles. The first-order valence-electron chi connectivity index (χ1n) is 7.71. The van der Waals surface area contributed by atoms with Crippen LogP contribution in [-0.2, 0) is 6.18 Å². The molecule has 1 amide bonds. The first kappa shape index (κ1) is 20.0. The number of ketones is 1. The van der Waals surface area contributed by atoms with Gasteiger partial charge in [0.2, 0.25) is 5.13 Å². The number of Topliss-reactive ketones (excluding diaryl/α,β-unsaturated/α-hetero) is 1. The number of carbonyl (C=O) groups is 2. The summed E-state index contributed by atoms with van der Waals surface area (Å²) in [7, 11) is 0. The third-order valence-corrected chi connectivity index (χ3v) is 5.38. The molecule has 2 aromatic heterocycles. The Morgan fingerprint density at radius 2 is 1.82 bits per heavy atom. The second-order valence-corrected chi connectivity index (χ2v) is 7.55. The highest BCUT2D eigenvalue weighted by molar-refractivity contribution is 8.01. The number of nitrogens with one attached hydrogen (secondary N) is 1. The molecule has 28 heavy (non-hydrogen) atoms. The van der Waals surface area contributed by atoms with Crippen LogP contribution >= 0.6 is 23.1 Å². The zero-order chi connectivity index (χ0) is 20.1. The predicted molar refractivity (Wildman–Crippen MR) is 98.6 cm³/mol. The first-order chi connectivity index (χ1) is 13.3. The van der Waals surface area contributed by atoms with E-state index in [1.54, 1.807) is 12.1 Å². The zero-order valence-corrected chi connectivity index (χ0v) is 15.6. The topological polar surface area (TPSA) is 84.8 Å². The average molecular weight is 424 g/mol. The number of rotatable bonds is 6. The number of aromatic nitrogens is 3. The molecule has 1 N–H and O–H groups in total. The van der Waals surface area contributed by atoms with Crippen molar-refractivity contribution in [3.05, 3.63) is 65.5 Å². The first-order valence-corrected chi connectivity index (χ1v) is 9.51. The highest BCUT2D eigenvalue weighted by Crippen LogP contribution is 2.30. The monoisotopic (exact) mass is 424 g/mol. The Morgan fingerprint density at radius 1 is 1.07 bits per heavy atom. The molecule has 0 aliphatic carbocycles. The van der Waals surface area contributed by atoms with Crippen molar-refractivity contribution in [3.63, 3.8) is 0 Å². The Hall–Kier alpha value is -2.79. The summed E-state index contributed by atoms with van der Waals surface area (Å²) in [5, 5.41) is 10.2. The minimum absolute atomic E-state index is 0.114. The highest BCUT2D eigenvalue weighted by Gasteiger charge is 2.31. The molecule has 0 aliphatic rings. The summed E-state index contributed by atoms with van der Waals surface area (Å²) in [6.07, 6.45) is -1.50. The summed E-state index contributed by atoms with van der Waals surface area (Å²) < 4.78 is 38.7. The third kappa shape index (κ3) is 5.14. The number of alkyl halides is 3. The molecule has 0 bridgehead atoms. The Bertz CT molecular complexity index is 993. The number of hydrogen-bond acceptors (Lipinski definition) is 7. The van der Waals surface area contributed by atoms with Gasteiger partial charge in [-0.3, -0.25) is 19.9 Å². The van der Waals surface area contributed by atoms with Gasteiger partial charge in [-0.1, -0.05) is 29.2 Å². The number of anilines is 1. The fourth-order valence-corrected chi connectivity index (χ4v) is 3.71. The summed E-state index contributed by atoms with van der Waals surface area (Å²) in [5.74, 6) is -0.718. The smallest absolute Gasteiger partial charge is 0.296 e. The van der Waals surface area contributed by atoms with Crippen LogP contribution in [0.25, 0.3) is 0 Å². The minimum Gasteiger partial charge on any atom is -0.296 e. The van der Waals surface area contributed by atoms with Crippen molar-refractivity contribution in [1.29, 1.82) is 0 Å². The van der Waals surface area contributed by atoms with Crippen molar-refractivity contribution < 1.29 is 22.8 Å². The normalized spacial score (nSPS) is 11.2. The predicted octanol–water partition coefficient (Wildman–Crippen LogP) is 4.18. The van der Waals surface area contributed by atoms with Gasteiger partial charge in [-0.2, -0.15) is 13.2 Å². The van der Waals surface area contributed by atoms with Gasteiger partial charge in [-0.25, -0.2) is 0 Å². The molecule has 11 heteroatoms. The summed E-state index contributed by atoms with van der Waals surface area (Å²) in [5.41, 5.74) is -0.541. The number of benzene rings is 1. The van der Waals surface area contributed by atoms with Crippen molar-refractivity contribution in [2.24, 2.45) is 0 Å². The number of nitrogens with zero attached hydrogens (tertiary/aromatic N) is 3. The van der Waals surface area contributed by atoms with E-state index < -0.39 is 17.6 Å². The molecule has 0 saturated heterocycles. The van der Waals surface area contributed by atoms with E-state index in [0.717, 1.165) is 41.3 Å². The number of halogens is 3. The Labute approximate surface area is 165 Å². The van der Waals surface area contributed by atoms with Gasteiger partial charge in [0, 0.05) is 23.5 Å². The van der Waals surface area contributed by atoms with E-state index in [2.05, 4.69) is 20.5 Å². The van der Waals surface area contributed by atoms with Crippen LogP contribution in [-0.4, -0.2) is 32.6 Å². The van der Waals surface area contributed by atoms with Gasteiger partial charge in [0.05, 0.1) is 11.3 Å². The van der Waals surface area contributed by atoms with E-state index >= 15 is 0 Å². The van der Waals surface area contributed by atoms with Crippen LogP contribution in [0.4, 0.5) is 18.3 Å². The molecule has 1 aromatic carbocycles. The number of amides is 1. The van der Waals surface area contributed by atoms with Crippen LogP contribution in [0, 0.1) is 0 Å². The maximum atomic E-state index is 12.7. The van der Waals surface area contributed by atoms with Gasteiger partial charge in [0.15, 0.2) is 10.1 Å². The van der Waals surface area contributed by atoms with Crippen LogP contribution in [0.3, 0.4) is 0 Å². The van der Waals surface area contributed by atoms with Crippen LogP contribution in [0.2, 0.25) is 0 Å². The lowest BCUT2D eigenvalue weighted by Crippen LogP contribution is -2.13. The quantitative estimate of drug-likeness (QED) is 0.363. The summed E-state index contributed by atoms with van der Waals surface area (Å²) in [4.78, 5) is 28.0. The number of carbonyl (C=O) groups excluding carboxylic acids is 2. The fourth-order valence-electron chi connectivity index (χ4n) is 2.07. The molecule has 144 valence electrons. The Balaban J connectivity index is 1.60. The van der Waals surface area contributed by atoms with Gasteiger partial charge >= 0.3 is 6.18 Å². The second kappa shape index (κ2) is 8.48. The van der Waals surface area contributed by atoms with Crippen LogP contribution < -0.4 is 5.32 Å². The van der Waals surface area contributed by atoms with E-state index in [4.69, 9.17) is 0 Å². The van der Waals surface area contributed by atoms with E-state index in [0.29, 0.717) is 9.90 Å². The fraction of sp³-hybridized carbons (Fsp3) is 0.118. The number of hydrogen-bond donors (Lipinski definition) is 1. The van der Waals surface area contributed by atoms with Gasteiger partial charge < -0.3 is 0 Å². The van der Waals surface area contributed by atoms with Crippen LogP contribution in [0.1, 0.15) is 26.3 Å². The molecule has 0 unspecified atom stereocenters. The lowest BCUT2D eigenvalue weighted by atomic mass is 10.1. The maximum absolute atomic E-state index is 12.7.